The SMILES string of the molecule is CC(CCN1CC=C(c2ccc(C#CCCCOC(N)=O)cc2)CC1)(C(=O)NOC1CCCCO1)S(C)(=O)=O. The number of hydrogen-bond donors (Lipinski definition) is 2. The van der Waals surface area contributed by atoms with Crippen LogP contribution < -0.4 is 11.2 Å². The van der Waals surface area contributed by atoms with Crippen molar-refractivity contribution < 1.29 is 32.3 Å². The minimum atomic E-state index is -3.70. The third kappa shape index (κ3) is 9.35. The maximum absolute atomic E-state index is 12.9. The molecule has 0 aliphatic carbocycles. The van der Waals surface area contributed by atoms with E-state index in [-0.39, 0.29) is 13.0 Å². The van der Waals surface area contributed by atoms with Crippen LogP contribution in [0.5, 0.6) is 0 Å². The largest absolute Gasteiger partial charge is 0.450 e. The van der Waals surface area contributed by atoms with Gasteiger partial charge in [-0.3, -0.25) is 9.69 Å². The van der Waals surface area contributed by atoms with Gasteiger partial charge < -0.3 is 15.2 Å². The van der Waals surface area contributed by atoms with Crippen molar-refractivity contribution in [1.82, 2.24) is 10.4 Å². The summed E-state index contributed by atoms with van der Waals surface area (Å²) in [6.07, 6.45) is 6.65. The second-order valence-electron chi connectivity index (χ2n) is 10.0. The number of amides is 2. The lowest BCUT2D eigenvalue weighted by atomic mass is 9.98. The van der Waals surface area contributed by atoms with E-state index in [0.717, 1.165) is 43.2 Å². The van der Waals surface area contributed by atoms with Crippen LogP contribution >= 0.6 is 0 Å². The Kier molecular flexibility index (Phi) is 11.4. The summed E-state index contributed by atoms with van der Waals surface area (Å²) in [7, 11) is -3.70. The Morgan fingerprint density at radius 1 is 1.26 bits per heavy atom. The minimum Gasteiger partial charge on any atom is -0.450 e. The molecule has 0 spiro atoms. The van der Waals surface area contributed by atoms with Crippen molar-refractivity contribution in [3.63, 3.8) is 0 Å². The van der Waals surface area contributed by atoms with Crippen molar-refractivity contribution in [2.75, 3.05) is 39.1 Å². The molecule has 214 valence electrons. The van der Waals surface area contributed by atoms with Crippen molar-refractivity contribution >= 4 is 27.4 Å². The van der Waals surface area contributed by atoms with Crippen LogP contribution in [0.2, 0.25) is 0 Å². The summed E-state index contributed by atoms with van der Waals surface area (Å²) in [5.41, 5.74) is 10.5. The Morgan fingerprint density at radius 2 is 2.03 bits per heavy atom. The molecule has 2 atom stereocenters. The standard InChI is InChI=1S/C28H39N3O7S/c1-28(39(2,34)35,26(32)30-38-25-9-5-7-20-36-25)16-19-31-17-14-24(15-18-31)23-12-10-22(11-13-23)8-4-3-6-21-37-27(29)33/h10-14,25H,3,5-7,9,15-21H2,1-2H3,(H2,29,33)(H,30,32). The van der Waals surface area contributed by atoms with Crippen LogP contribution in [0.15, 0.2) is 30.3 Å². The van der Waals surface area contributed by atoms with E-state index < -0.39 is 32.9 Å². The van der Waals surface area contributed by atoms with Crippen LogP contribution in [0, 0.1) is 11.8 Å². The average molecular weight is 562 g/mol. The van der Waals surface area contributed by atoms with E-state index in [2.05, 4.69) is 33.0 Å². The fraction of sp³-hybridized carbons (Fsp3) is 0.571. The average Bonchev–Trinajstić information content (AvgIpc) is 2.92. The van der Waals surface area contributed by atoms with Crippen LogP contribution in [-0.2, 0) is 28.9 Å². The molecule has 0 saturated carbocycles. The molecule has 0 bridgehead atoms. The highest BCUT2D eigenvalue weighted by molar-refractivity contribution is 7.92. The number of benzene rings is 1. The molecule has 2 aliphatic rings. The van der Waals surface area contributed by atoms with Gasteiger partial charge in [-0.2, -0.15) is 0 Å². The number of sulfone groups is 1. The van der Waals surface area contributed by atoms with Gasteiger partial charge in [-0.1, -0.05) is 30.0 Å². The highest BCUT2D eigenvalue weighted by Gasteiger charge is 2.44. The Bertz CT molecular complexity index is 1180. The maximum atomic E-state index is 12.9. The molecule has 2 unspecified atom stereocenters. The van der Waals surface area contributed by atoms with Gasteiger partial charge in [0.05, 0.1) is 6.61 Å². The van der Waals surface area contributed by atoms with Gasteiger partial charge in [0.1, 0.15) is 0 Å². The zero-order valence-electron chi connectivity index (χ0n) is 22.7. The van der Waals surface area contributed by atoms with Gasteiger partial charge in [0.15, 0.2) is 20.9 Å². The van der Waals surface area contributed by atoms with Crippen molar-refractivity contribution in [3.05, 3.63) is 41.5 Å². The van der Waals surface area contributed by atoms with Gasteiger partial charge in [-0.05, 0) is 62.3 Å². The normalized spacial score (nSPS) is 19.6. The van der Waals surface area contributed by atoms with E-state index in [1.54, 1.807) is 0 Å². The first-order chi connectivity index (χ1) is 18.6. The van der Waals surface area contributed by atoms with Gasteiger partial charge in [0.25, 0.3) is 5.91 Å². The molecule has 3 rings (SSSR count). The number of primary amides is 1. The molecule has 3 N–H and O–H groups in total. The summed E-state index contributed by atoms with van der Waals surface area (Å²) in [4.78, 5) is 30.9. The second-order valence-corrected chi connectivity index (χ2v) is 12.5. The lowest BCUT2D eigenvalue weighted by molar-refractivity contribution is -0.201. The minimum absolute atomic E-state index is 0.151. The number of rotatable bonds is 11. The predicted molar refractivity (Wildman–Crippen MR) is 148 cm³/mol. The molecule has 2 amide bonds. The molecular weight excluding hydrogens is 522 g/mol. The summed E-state index contributed by atoms with van der Waals surface area (Å²) < 4.78 is 33.7. The van der Waals surface area contributed by atoms with Crippen LogP contribution in [0.1, 0.15) is 63.0 Å². The fourth-order valence-corrected chi connectivity index (χ4v) is 5.15. The summed E-state index contributed by atoms with van der Waals surface area (Å²) >= 11 is 0. The molecule has 1 aromatic carbocycles. The molecule has 2 aliphatic heterocycles. The monoisotopic (exact) mass is 561 g/mol. The molecule has 1 saturated heterocycles. The van der Waals surface area contributed by atoms with E-state index in [1.807, 2.05) is 24.3 Å². The van der Waals surface area contributed by atoms with Crippen LogP contribution in [0.3, 0.4) is 0 Å². The quantitative estimate of drug-likeness (QED) is 0.239. The zero-order chi connectivity index (χ0) is 28.3. The first-order valence-electron chi connectivity index (χ1n) is 13.3. The molecule has 39 heavy (non-hydrogen) atoms. The van der Waals surface area contributed by atoms with Crippen LogP contribution in [-0.4, -0.2) is 75.5 Å². The smallest absolute Gasteiger partial charge is 0.404 e. The molecule has 11 heteroatoms. The number of hydrogen-bond acceptors (Lipinski definition) is 8. The Labute approximate surface area is 231 Å². The van der Waals surface area contributed by atoms with Gasteiger partial charge in [-0.25, -0.2) is 23.5 Å². The third-order valence-electron chi connectivity index (χ3n) is 7.10. The number of nitrogens with zero attached hydrogens (tertiary/aromatic N) is 1. The van der Waals surface area contributed by atoms with Crippen molar-refractivity contribution in [2.45, 2.75) is 62.9 Å². The topological polar surface area (TPSA) is 137 Å². The fourth-order valence-electron chi connectivity index (χ4n) is 4.31. The summed E-state index contributed by atoms with van der Waals surface area (Å²) in [6.45, 7) is 4.16. The summed E-state index contributed by atoms with van der Waals surface area (Å²) in [5, 5.41) is 0. The number of carbonyl (C=O) groups is 2. The van der Waals surface area contributed by atoms with Gasteiger partial charge in [0.2, 0.25) is 0 Å². The first kappa shape index (κ1) is 30.6. The zero-order valence-corrected chi connectivity index (χ0v) is 23.6. The number of ether oxygens (including phenoxy) is 2. The first-order valence-corrected chi connectivity index (χ1v) is 15.2. The third-order valence-corrected chi connectivity index (χ3v) is 9.12. The molecular formula is C28H39N3O7S. The molecule has 0 aromatic heterocycles. The molecule has 0 radical (unpaired) electrons. The predicted octanol–water partition coefficient (Wildman–Crippen LogP) is 2.77. The number of nitrogens with two attached hydrogens (primary N) is 1. The van der Waals surface area contributed by atoms with Gasteiger partial charge >= 0.3 is 6.09 Å². The number of nitrogens with one attached hydrogen (secondary N) is 1. The Hall–Kier alpha value is -2.91. The van der Waals surface area contributed by atoms with E-state index in [0.29, 0.717) is 39.0 Å². The highest BCUT2D eigenvalue weighted by atomic mass is 32.2. The van der Waals surface area contributed by atoms with Crippen LogP contribution in [0.25, 0.3) is 5.57 Å². The molecule has 2 heterocycles. The summed E-state index contributed by atoms with van der Waals surface area (Å²) in [5.74, 6) is 5.49. The van der Waals surface area contributed by atoms with Crippen LogP contribution in [0.4, 0.5) is 4.79 Å². The van der Waals surface area contributed by atoms with Crippen molar-refractivity contribution in [1.29, 1.82) is 0 Å². The van der Waals surface area contributed by atoms with E-state index in [1.165, 1.54) is 12.5 Å². The Morgan fingerprint density at radius 3 is 2.64 bits per heavy atom. The molecule has 10 nitrogen and oxygen atoms in total. The van der Waals surface area contributed by atoms with Crippen molar-refractivity contribution in [2.24, 2.45) is 5.73 Å². The van der Waals surface area contributed by atoms with E-state index in [9.17, 15) is 18.0 Å². The summed E-state index contributed by atoms with van der Waals surface area (Å²) in [6, 6.07) is 8.05. The van der Waals surface area contributed by atoms with E-state index in [4.69, 9.17) is 15.3 Å². The molecule has 1 fully saturated rings. The Balaban J connectivity index is 1.49. The lowest BCUT2D eigenvalue weighted by Gasteiger charge is -2.32. The highest BCUT2D eigenvalue weighted by Crippen LogP contribution is 2.26. The maximum Gasteiger partial charge on any atom is 0.404 e. The number of unbranched alkanes of at least 4 members (excludes halogenated alkanes) is 1. The van der Waals surface area contributed by atoms with Crippen molar-refractivity contribution in [3.8, 4) is 11.8 Å². The van der Waals surface area contributed by atoms with E-state index >= 15 is 0 Å². The van der Waals surface area contributed by atoms with Gasteiger partial charge in [0, 0.05) is 50.9 Å². The second kappa shape index (κ2) is 14.5. The van der Waals surface area contributed by atoms with Gasteiger partial charge in [-0.15, -0.1) is 0 Å². The molecule has 1 aromatic rings. The lowest BCUT2D eigenvalue weighted by Crippen LogP contribution is -2.52. The number of hydroxylamine groups is 1. The number of carbonyl (C=O) groups excluding carboxylic acids is 2.